The van der Waals surface area contributed by atoms with Gasteiger partial charge in [0.2, 0.25) is 17.7 Å². The number of carbonyl (C=O) groups is 4. The monoisotopic (exact) mass is 482 g/mol. The number of carbonyl (C=O) groups excluding carboxylic acids is 3. The maximum absolute atomic E-state index is 12.4. The number of nitrogens with one attached hydrogen (secondary N) is 1. The minimum absolute atomic E-state index is 0.156. The third kappa shape index (κ3) is 19.5. The number of unbranched alkanes of at least 4 members (excludes halogenated alkanes) is 14. The quantitative estimate of drug-likeness (QED) is 0.174. The van der Waals surface area contributed by atoms with E-state index < -0.39 is 12.5 Å². The SMILES string of the molecule is CCCCCCCC(=O)N(CC(=O)O)C(=O)CCCCCCCCCCCCCC(=O)NCC. The standard InChI is InChI=1S/C27H50N2O5/c1-3-5-6-14-18-21-25(31)29(23-27(33)34)26(32)22-19-16-13-11-9-7-8-10-12-15-17-20-24(30)28-4-2/h3-23H2,1-2H3,(H,28,30)(H,33,34). The van der Waals surface area contributed by atoms with Crippen molar-refractivity contribution in [1.82, 2.24) is 10.2 Å². The summed E-state index contributed by atoms with van der Waals surface area (Å²) >= 11 is 0. The fourth-order valence-electron chi connectivity index (χ4n) is 4.04. The van der Waals surface area contributed by atoms with Crippen molar-refractivity contribution in [3.05, 3.63) is 0 Å². The zero-order chi connectivity index (χ0) is 25.4. The Morgan fingerprint density at radius 1 is 0.588 bits per heavy atom. The summed E-state index contributed by atoms with van der Waals surface area (Å²) in [5.74, 6) is -1.70. The lowest BCUT2D eigenvalue weighted by Gasteiger charge is -2.19. The highest BCUT2D eigenvalue weighted by Gasteiger charge is 2.22. The molecule has 0 unspecified atom stereocenters. The van der Waals surface area contributed by atoms with Crippen molar-refractivity contribution in [2.24, 2.45) is 0 Å². The van der Waals surface area contributed by atoms with E-state index in [9.17, 15) is 19.2 Å². The van der Waals surface area contributed by atoms with E-state index in [1.807, 2.05) is 6.92 Å². The van der Waals surface area contributed by atoms with Crippen LogP contribution >= 0.6 is 0 Å². The normalized spacial score (nSPS) is 10.8. The first-order chi connectivity index (χ1) is 16.4. The molecule has 0 aliphatic heterocycles. The first-order valence-corrected chi connectivity index (χ1v) is 13.7. The van der Waals surface area contributed by atoms with Crippen molar-refractivity contribution in [2.45, 2.75) is 136 Å². The average Bonchev–Trinajstić information content (AvgIpc) is 2.80. The molecule has 0 saturated carbocycles. The second-order valence-electron chi connectivity index (χ2n) is 9.27. The molecule has 7 nitrogen and oxygen atoms in total. The summed E-state index contributed by atoms with van der Waals surface area (Å²) in [4.78, 5) is 48.2. The molecule has 0 bridgehead atoms. The number of carboxylic acids is 1. The van der Waals surface area contributed by atoms with E-state index in [2.05, 4.69) is 12.2 Å². The summed E-state index contributed by atoms with van der Waals surface area (Å²) < 4.78 is 0. The Hall–Kier alpha value is -1.92. The molecule has 0 aliphatic rings. The van der Waals surface area contributed by atoms with E-state index in [4.69, 9.17) is 5.11 Å². The molecule has 0 aliphatic carbocycles. The summed E-state index contributed by atoms with van der Waals surface area (Å²) in [6.07, 6.45) is 18.0. The first kappa shape index (κ1) is 32.1. The van der Waals surface area contributed by atoms with Gasteiger partial charge < -0.3 is 10.4 Å². The fourth-order valence-corrected chi connectivity index (χ4v) is 4.04. The van der Waals surface area contributed by atoms with Crippen LogP contribution in [-0.2, 0) is 19.2 Å². The highest BCUT2D eigenvalue weighted by Crippen LogP contribution is 2.14. The van der Waals surface area contributed by atoms with E-state index in [1.54, 1.807) is 0 Å². The molecule has 3 amide bonds. The van der Waals surface area contributed by atoms with Crippen LogP contribution in [0.15, 0.2) is 0 Å². The highest BCUT2D eigenvalue weighted by molar-refractivity contribution is 5.97. The Morgan fingerprint density at radius 3 is 1.35 bits per heavy atom. The first-order valence-electron chi connectivity index (χ1n) is 13.7. The van der Waals surface area contributed by atoms with E-state index in [0.29, 0.717) is 25.8 Å². The summed E-state index contributed by atoms with van der Waals surface area (Å²) in [7, 11) is 0. The van der Waals surface area contributed by atoms with E-state index in [0.717, 1.165) is 62.7 Å². The molecule has 2 N–H and O–H groups in total. The van der Waals surface area contributed by atoms with Crippen LogP contribution in [0.2, 0.25) is 0 Å². The lowest BCUT2D eigenvalue weighted by molar-refractivity contribution is -0.152. The van der Waals surface area contributed by atoms with Crippen molar-refractivity contribution >= 4 is 23.7 Å². The molecule has 0 saturated heterocycles. The lowest BCUT2D eigenvalue weighted by atomic mass is 10.0. The van der Waals surface area contributed by atoms with Crippen molar-refractivity contribution in [1.29, 1.82) is 0 Å². The van der Waals surface area contributed by atoms with Gasteiger partial charge >= 0.3 is 5.97 Å². The van der Waals surface area contributed by atoms with Crippen LogP contribution in [-0.4, -0.2) is 46.8 Å². The Labute approximate surface area is 207 Å². The molecule has 0 radical (unpaired) electrons. The molecule has 34 heavy (non-hydrogen) atoms. The van der Waals surface area contributed by atoms with Crippen LogP contribution in [0.3, 0.4) is 0 Å². The van der Waals surface area contributed by atoms with Gasteiger partial charge in [0.05, 0.1) is 0 Å². The van der Waals surface area contributed by atoms with Crippen LogP contribution in [0.5, 0.6) is 0 Å². The average molecular weight is 483 g/mol. The van der Waals surface area contributed by atoms with Gasteiger partial charge in [-0.1, -0.05) is 90.4 Å². The number of hydrogen-bond donors (Lipinski definition) is 2. The molecule has 0 rings (SSSR count). The second kappa shape index (κ2) is 22.9. The van der Waals surface area contributed by atoms with E-state index >= 15 is 0 Å². The Bertz CT molecular complexity index is 565. The van der Waals surface area contributed by atoms with Crippen LogP contribution < -0.4 is 5.32 Å². The number of carboxylic acid groups (broad SMARTS) is 1. The van der Waals surface area contributed by atoms with Crippen LogP contribution in [0.4, 0.5) is 0 Å². The third-order valence-electron chi connectivity index (χ3n) is 6.06. The van der Waals surface area contributed by atoms with Gasteiger partial charge in [-0.05, 0) is 26.2 Å². The van der Waals surface area contributed by atoms with Gasteiger partial charge in [0.15, 0.2) is 0 Å². The summed E-state index contributed by atoms with van der Waals surface area (Å²) in [6.45, 7) is 4.24. The van der Waals surface area contributed by atoms with Gasteiger partial charge in [-0.25, -0.2) is 0 Å². The number of aliphatic carboxylic acids is 1. The zero-order valence-corrected chi connectivity index (χ0v) is 21.9. The van der Waals surface area contributed by atoms with Gasteiger partial charge in [0, 0.05) is 25.8 Å². The molecular weight excluding hydrogens is 432 g/mol. The maximum atomic E-state index is 12.4. The minimum atomic E-state index is -1.14. The minimum Gasteiger partial charge on any atom is -0.480 e. The fraction of sp³-hybridized carbons (Fsp3) is 0.852. The molecule has 198 valence electrons. The molecule has 0 atom stereocenters. The van der Waals surface area contributed by atoms with E-state index in [-0.39, 0.29) is 30.6 Å². The predicted molar refractivity (Wildman–Crippen MR) is 136 cm³/mol. The molecule has 7 heteroatoms. The van der Waals surface area contributed by atoms with Crippen molar-refractivity contribution in [3.63, 3.8) is 0 Å². The van der Waals surface area contributed by atoms with Crippen LogP contribution in [0, 0.1) is 0 Å². The van der Waals surface area contributed by atoms with Crippen molar-refractivity contribution in [3.8, 4) is 0 Å². The number of nitrogens with zero attached hydrogens (tertiary/aromatic N) is 1. The smallest absolute Gasteiger partial charge is 0.323 e. The molecule has 0 aromatic heterocycles. The number of amides is 3. The van der Waals surface area contributed by atoms with Crippen LogP contribution in [0.1, 0.15) is 136 Å². The van der Waals surface area contributed by atoms with Gasteiger partial charge in [0.1, 0.15) is 6.54 Å². The van der Waals surface area contributed by atoms with E-state index in [1.165, 1.54) is 32.1 Å². The number of rotatable bonds is 23. The summed E-state index contributed by atoms with van der Waals surface area (Å²) in [5, 5.41) is 11.9. The molecule has 0 heterocycles. The highest BCUT2D eigenvalue weighted by atomic mass is 16.4. The summed E-state index contributed by atoms with van der Waals surface area (Å²) in [6, 6.07) is 0. The van der Waals surface area contributed by atoms with Gasteiger partial charge in [-0.2, -0.15) is 0 Å². The lowest BCUT2D eigenvalue weighted by Crippen LogP contribution is -2.40. The number of hydrogen-bond acceptors (Lipinski definition) is 4. The summed E-state index contributed by atoms with van der Waals surface area (Å²) in [5.41, 5.74) is 0. The molecular formula is C27H50N2O5. The van der Waals surface area contributed by atoms with Crippen LogP contribution in [0.25, 0.3) is 0 Å². The maximum Gasteiger partial charge on any atom is 0.323 e. The Kier molecular flexibility index (Phi) is 21.6. The van der Waals surface area contributed by atoms with Gasteiger partial charge in [-0.15, -0.1) is 0 Å². The van der Waals surface area contributed by atoms with Crippen molar-refractivity contribution in [2.75, 3.05) is 13.1 Å². The Balaban J connectivity index is 3.79. The van der Waals surface area contributed by atoms with Gasteiger partial charge in [0.25, 0.3) is 0 Å². The number of imide groups is 1. The molecule has 0 spiro atoms. The predicted octanol–water partition coefficient (Wildman–Crippen LogP) is 5.99. The third-order valence-corrected chi connectivity index (χ3v) is 6.06. The Morgan fingerprint density at radius 2 is 0.971 bits per heavy atom. The topological polar surface area (TPSA) is 104 Å². The second-order valence-corrected chi connectivity index (χ2v) is 9.27. The molecule has 0 aromatic rings. The van der Waals surface area contributed by atoms with Crippen molar-refractivity contribution < 1.29 is 24.3 Å². The molecule has 0 fully saturated rings. The molecule has 0 aromatic carbocycles. The zero-order valence-electron chi connectivity index (χ0n) is 21.9. The largest absolute Gasteiger partial charge is 0.480 e. The van der Waals surface area contributed by atoms with Gasteiger partial charge in [-0.3, -0.25) is 24.1 Å².